The van der Waals surface area contributed by atoms with Crippen LogP contribution in [0.2, 0.25) is 0 Å². The number of nitrogens with zero attached hydrogens (tertiary/aromatic N) is 3. The van der Waals surface area contributed by atoms with E-state index in [1.807, 2.05) is 12.1 Å². The minimum Gasteiger partial charge on any atom is -0.479 e. The van der Waals surface area contributed by atoms with E-state index in [2.05, 4.69) is 25.5 Å². The lowest BCUT2D eigenvalue weighted by Crippen LogP contribution is -2.42. The molecule has 148 valence electrons. The lowest BCUT2D eigenvalue weighted by Gasteiger charge is -2.34. The van der Waals surface area contributed by atoms with Crippen LogP contribution in [0.1, 0.15) is 23.2 Å². The number of hydrogen-bond acceptors (Lipinski definition) is 7. The summed E-state index contributed by atoms with van der Waals surface area (Å²) in [6.45, 7) is 1.38. The number of amides is 1. The first-order valence-corrected chi connectivity index (χ1v) is 9.10. The van der Waals surface area contributed by atoms with E-state index in [0.29, 0.717) is 11.5 Å². The third-order valence-electron chi connectivity index (χ3n) is 4.56. The van der Waals surface area contributed by atoms with Crippen molar-refractivity contribution < 1.29 is 19.8 Å². The first-order valence-electron chi connectivity index (χ1n) is 9.10. The summed E-state index contributed by atoms with van der Waals surface area (Å²) < 4.78 is 0. The van der Waals surface area contributed by atoms with Gasteiger partial charge < -0.3 is 25.7 Å². The van der Waals surface area contributed by atoms with Crippen LogP contribution in [0.15, 0.2) is 42.7 Å². The van der Waals surface area contributed by atoms with Gasteiger partial charge in [0, 0.05) is 42.8 Å². The zero-order chi connectivity index (χ0) is 19.9. The van der Waals surface area contributed by atoms with Crippen LogP contribution in [-0.4, -0.2) is 63.8 Å². The number of anilines is 2. The molecule has 1 aromatic heterocycles. The fourth-order valence-electron chi connectivity index (χ4n) is 3.09. The molecule has 1 amide bonds. The average molecular weight is 385 g/mol. The molecule has 1 fully saturated rings. The fraction of sp³-hybridized carbons (Fsp3) is 0.368. The normalized spacial score (nSPS) is 17.6. The molecule has 0 aliphatic carbocycles. The van der Waals surface area contributed by atoms with Crippen molar-refractivity contribution in [2.75, 3.05) is 29.9 Å². The van der Waals surface area contributed by atoms with Gasteiger partial charge in [-0.1, -0.05) is 0 Å². The largest absolute Gasteiger partial charge is 0.479 e. The number of nitrogens with one attached hydrogen (secondary N) is 2. The van der Waals surface area contributed by atoms with Crippen LogP contribution in [0.5, 0.6) is 0 Å². The molecule has 3 rings (SSSR count). The van der Waals surface area contributed by atoms with Gasteiger partial charge in [0.15, 0.2) is 6.10 Å². The minimum absolute atomic E-state index is 0.233. The number of carboxylic acids is 1. The Morgan fingerprint density at radius 3 is 2.61 bits per heavy atom. The number of carbonyl (C=O) groups is 2. The first-order chi connectivity index (χ1) is 13.5. The van der Waals surface area contributed by atoms with Crippen molar-refractivity contribution in [3.05, 3.63) is 48.3 Å². The Kier molecular flexibility index (Phi) is 6.38. The summed E-state index contributed by atoms with van der Waals surface area (Å²) in [7, 11) is 0. The maximum atomic E-state index is 12.1. The van der Waals surface area contributed by atoms with E-state index in [9.17, 15) is 14.7 Å². The monoisotopic (exact) mass is 385 g/mol. The van der Waals surface area contributed by atoms with Crippen LogP contribution in [0.25, 0.3) is 0 Å². The predicted molar refractivity (Wildman–Crippen MR) is 103 cm³/mol. The predicted octanol–water partition coefficient (Wildman–Crippen LogP) is 0.733. The van der Waals surface area contributed by atoms with Gasteiger partial charge >= 0.3 is 5.97 Å². The Bertz CT molecular complexity index is 800. The summed E-state index contributed by atoms with van der Waals surface area (Å²) in [5.74, 6) is -1.18. The summed E-state index contributed by atoms with van der Waals surface area (Å²) >= 11 is 0. The quantitative estimate of drug-likeness (QED) is 0.549. The van der Waals surface area contributed by atoms with Crippen molar-refractivity contribution in [1.29, 1.82) is 0 Å². The highest BCUT2D eigenvalue weighted by Gasteiger charge is 2.21. The van der Waals surface area contributed by atoms with E-state index in [1.165, 1.54) is 0 Å². The molecule has 2 aromatic rings. The lowest BCUT2D eigenvalue weighted by molar-refractivity contribution is -0.146. The van der Waals surface area contributed by atoms with Crippen molar-refractivity contribution >= 4 is 23.5 Å². The van der Waals surface area contributed by atoms with Gasteiger partial charge in [-0.3, -0.25) is 4.79 Å². The Hall–Kier alpha value is -3.20. The minimum atomic E-state index is -1.62. The second-order valence-corrected chi connectivity index (χ2v) is 6.61. The van der Waals surface area contributed by atoms with E-state index in [0.717, 1.165) is 31.6 Å². The molecule has 28 heavy (non-hydrogen) atoms. The summed E-state index contributed by atoms with van der Waals surface area (Å²) in [5.41, 5.74) is 1.41. The van der Waals surface area contributed by atoms with Gasteiger partial charge in [0.2, 0.25) is 5.95 Å². The van der Waals surface area contributed by atoms with Crippen molar-refractivity contribution in [2.45, 2.75) is 25.0 Å². The lowest BCUT2D eigenvalue weighted by atomic mass is 10.0. The molecule has 1 aliphatic rings. The number of aliphatic hydroxyl groups is 1. The number of aromatic nitrogens is 2. The van der Waals surface area contributed by atoms with Crippen LogP contribution in [0.3, 0.4) is 0 Å². The molecule has 0 radical (unpaired) electrons. The molecule has 1 aromatic carbocycles. The smallest absolute Gasteiger partial charge is 0.334 e. The molecule has 4 N–H and O–H groups in total. The van der Waals surface area contributed by atoms with Crippen LogP contribution in [-0.2, 0) is 4.79 Å². The van der Waals surface area contributed by atoms with E-state index in [4.69, 9.17) is 5.11 Å². The van der Waals surface area contributed by atoms with Crippen LogP contribution in [0, 0.1) is 0 Å². The molecule has 2 heterocycles. The van der Waals surface area contributed by atoms with Crippen molar-refractivity contribution in [3.8, 4) is 0 Å². The van der Waals surface area contributed by atoms with Crippen LogP contribution in [0.4, 0.5) is 11.6 Å². The highest BCUT2D eigenvalue weighted by atomic mass is 16.4. The van der Waals surface area contributed by atoms with E-state index < -0.39 is 18.0 Å². The SMILES string of the molecule is O=C(NCC(O)C(=O)O)c1ccc(N2CCCC(Nc3ncccn3)C2)cc1. The Morgan fingerprint density at radius 1 is 1.21 bits per heavy atom. The van der Waals surface area contributed by atoms with Crippen molar-refractivity contribution in [2.24, 2.45) is 0 Å². The number of hydrogen-bond donors (Lipinski definition) is 4. The number of aliphatic hydroxyl groups excluding tert-OH is 1. The molecule has 2 atom stereocenters. The standard InChI is InChI=1S/C19H23N5O4/c25-16(18(27)28)11-22-17(26)13-4-6-15(7-5-13)24-10-1-3-14(12-24)23-19-20-8-2-9-21-19/h2,4-9,14,16,25H,1,3,10-12H2,(H,22,26)(H,27,28)(H,20,21,23). The summed E-state index contributed by atoms with van der Waals surface area (Å²) in [6.07, 6.45) is 3.85. The average Bonchev–Trinajstić information content (AvgIpc) is 2.72. The number of rotatable bonds is 7. The summed E-state index contributed by atoms with van der Waals surface area (Å²) in [4.78, 5) is 33.3. The molecular formula is C19H23N5O4. The summed E-state index contributed by atoms with van der Waals surface area (Å²) in [5, 5.41) is 23.6. The molecule has 9 nitrogen and oxygen atoms in total. The van der Waals surface area contributed by atoms with Gasteiger partial charge in [0.1, 0.15) is 0 Å². The maximum absolute atomic E-state index is 12.1. The van der Waals surface area contributed by atoms with Gasteiger partial charge in [-0.15, -0.1) is 0 Å². The second-order valence-electron chi connectivity index (χ2n) is 6.61. The molecular weight excluding hydrogens is 362 g/mol. The third-order valence-corrected chi connectivity index (χ3v) is 4.56. The molecule has 0 spiro atoms. The number of aliphatic carboxylic acids is 1. The number of benzene rings is 1. The molecule has 2 unspecified atom stereocenters. The summed E-state index contributed by atoms with van der Waals surface area (Å²) in [6, 6.07) is 9.12. The Balaban J connectivity index is 1.56. The molecule has 0 bridgehead atoms. The van der Waals surface area contributed by atoms with E-state index in [-0.39, 0.29) is 12.6 Å². The van der Waals surface area contributed by atoms with E-state index >= 15 is 0 Å². The van der Waals surface area contributed by atoms with Gasteiger partial charge in [-0.05, 0) is 43.2 Å². The molecule has 1 saturated heterocycles. The van der Waals surface area contributed by atoms with Crippen LogP contribution >= 0.6 is 0 Å². The highest BCUT2D eigenvalue weighted by Crippen LogP contribution is 2.21. The topological polar surface area (TPSA) is 128 Å². The zero-order valence-corrected chi connectivity index (χ0v) is 15.3. The van der Waals surface area contributed by atoms with Gasteiger partial charge in [-0.2, -0.15) is 0 Å². The van der Waals surface area contributed by atoms with E-state index in [1.54, 1.807) is 30.6 Å². The first kappa shape index (κ1) is 19.6. The number of piperidine rings is 1. The number of carbonyl (C=O) groups excluding carboxylic acids is 1. The molecule has 9 heteroatoms. The Morgan fingerprint density at radius 2 is 1.93 bits per heavy atom. The Labute approximate surface area is 162 Å². The highest BCUT2D eigenvalue weighted by molar-refractivity contribution is 5.94. The molecule has 0 saturated carbocycles. The van der Waals surface area contributed by atoms with Gasteiger partial charge in [0.05, 0.1) is 6.54 Å². The van der Waals surface area contributed by atoms with Crippen molar-refractivity contribution in [3.63, 3.8) is 0 Å². The van der Waals surface area contributed by atoms with Crippen molar-refractivity contribution in [1.82, 2.24) is 15.3 Å². The van der Waals surface area contributed by atoms with Gasteiger partial charge in [-0.25, -0.2) is 14.8 Å². The zero-order valence-electron chi connectivity index (χ0n) is 15.3. The second kappa shape index (κ2) is 9.14. The molecule has 1 aliphatic heterocycles. The third kappa shape index (κ3) is 5.17. The maximum Gasteiger partial charge on any atom is 0.334 e. The number of carboxylic acid groups (broad SMARTS) is 1. The van der Waals surface area contributed by atoms with Crippen LogP contribution < -0.4 is 15.5 Å². The fourth-order valence-corrected chi connectivity index (χ4v) is 3.09. The van der Waals surface area contributed by atoms with Gasteiger partial charge in [0.25, 0.3) is 5.91 Å².